The lowest BCUT2D eigenvalue weighted by molar-refractivity contribution is 0.0660. The lowest BCUT2D eigenvalue weighted by atomic mass is 9.80. The zero-order valence-electron chi connectivity index (χ0n) is 12.7. The number of nitrogens with zero attached hydrogens (tertiary/aromatic N) is 1. The minimum Gasteiger partial charge on any atom is -0.475 e. The molecule has 1 aromatic rings. The maximum atomic E-state index is 12.1. The molecule has 2 rings (SSSR count). The highest BCUT2D eigenvalue weighted by Gasteiger charge is 2.33. The normalized spacial score (nSPS) is 18.8. The number of carbonyl (C=O) groups is 2. The fourth-order valence-corrected chi connectivity index (χ4v) is 2.51. The maximum absolute atomic E-state index is 12.1. The average Bonchev–Trinajstić information content (AvgIpc) is 3.04. The van der Waals surface area contributed by atoms with Gasteiger partial charge in [-0.25, -0.2) is 9.59 Å². The van der Waals surface area contributed by atoms with E-state index >= 15 is 0 Å². The van der Waals surface area contributed by atoms with E-state index in [4.69, 9.17) is 9.52 Å². The lowest BCUT2D eigenvalue weighted by Gasteiger charge is -2.26. The van der Waals surface area contributed by atoms with Crippen molar-refractivity contribution in [2.24, 2.45) is 11.3 Å². The highest BCUT2D eigenvalue weighted by molar-refractivity contribution is 5.84. The van der Waals surface area contributed by atoms with Crippen LogP contribution in [-0.4, -0.2) is 35.1 Å². The van der Waals surface area contributed by atoms with Crippen LogP contribution in [0.15, 0.2) is 16.5 Å². The summed E-state index contributed by atoms with van der Waals surface area (Å²) in [5, 5.41) is 11.5. The van der Waals surface area contributed by atoms with Gasteiger partial charge >= 0.3 is 12.0 Å². The van der Waals surface area contributed by atoms with Crippen LogP contribution in [0, 0.1) is 11.3 Å². The largest absolute Gasteiger partial charge is 0.475 e. The van der Waals surface area contributed by atoms with E-state index in [2.05, 4.69) is 26.1 Å². The fourth-order valence-electron chi connectivity index (χ4n) is 2.51. The second kappa shape index (κ2) is 5.79. The molecule has 21 heavy (non-hydrogen) atoms. The number of carbonyl (C=O) groups excluding carboxylic acids is 1. The minimum absolute atomic E-state index is 0.117. The molecule has 0 saturated carbocycles. The number of nitrogens with one attached hydrogen (secondary N) is 1. The predicted octanol–water partition coefficient (Wildman–Crippen LogP) is 2.56. The molecule has 116 valence electrons. The van der Waals surface area contributed by atoms with E-state index in [1.54, 1.807) is 11.0 Å². The molecule has 2 heterocycles. The van der Waals surface area contributed by atoms with Gasteiger partial charge in [-0.3, -0.25) is 0 Å². The number of amides is 2. The molecule has 6 nitrogen and oxygen atoms in total. The molecule has 1 fully saturated rings. The number of hydrogen-bond acceptors (Lipinski definition) is 3. The third kappa shape index (κ3) is 3.77. The standard InChI is InChI=1S/C15H22N2O4/c1-15(2,3)10-6-7-17(9-10)14(20)16-8-11-4-5-12(21-11)13(18)19/h4-5,10H,6-9H2,1-3H3,(H,16,20)(H,18,19). The molecule has 2 amide bonds. The second-order valence-corrected chi connectivity index (χ2v) is 6.53. The highest BCUT2D eigenvalue weighted by Crippen LogP contribution is 2.33. The Labute approximate surface area is 124 Å². The van der Waals surface area contributed by atoms with Crippen LogP contribution in [0.3, 0.4) is 0 Å². The van der Waals surface area contributed by atoms with Gasteiger partial charge in [0.05, 0.1) is 6.54 Å². The predicted molar refractivity (Wildman–Crippen MR) is 77.0 cm³/mol. The zero-order valence-corrected chi connectivity index (χ0v) is 12.7. The first-order chi connectivity index (χ1) is 9.77. The fraction of sp³-hybridized carbons (Fsp3) is 0.600. The van der Waals surface area contributed by atoms with Gasteiger partial charge in [-0.15, -0.1) is 0 Å². The van der Waals surface area contributed by atoms with Crippen molar-refractivity contribution in [1.29, 1.82) is 0 Å². The Balaban J connectivity index is 1.84. The summed E-state index contributed by atoms with van der Waals surface area (Å²) in [7, 11) is 0. The molecule has 1 atom stereocenters. The van der Waals surface area contributed by atoms with Gasteiger partial charge in [-0.2, -0.15) is 0 Å². The van der Waals surface area contributed by atoms with E-state index in [1.807, 2.05) is 0 Å². The summed E-state index contributed by atoms with van der Waals surface area (Å²) in [4.78, 5) is 24.6. The summed E-state index contributed by atoms with van der Waals surface area (Å²) in [5.41, 5.74) is 0.201. The molecule has 1 saturated heterocycles. The molecule has 0 bridgehead atoms. The van der Waals surface area contributed by atoms with Crippen LogP contribution in [0.5, 0.6) is 0 Å². The van der Waals surface area contributed by atoms with Crippen molar-refractivity contribution in [3.63, 3.8) is 0 Å². The van der Waals surface area contributed by atoms with Crippen molar-refractivity contribution in [2.75, 3.05) is 13.1 Å². The van der Waals surface area contributed by atoms with Gasteiger partial charge in [0.1, 0.15) is 5.76 Å². The van der Waals surface area contributed by atoms with Crippen molar-refractivity contribution < 1.29 is 19.1 Å². The van der Waals surface area contributed by atoms with E-state index in [9.17, 15) is 9.59 Å². The van der Waals surface area contributed by atoms with Crippen LogP contribution < -0.4 is 5.32 Å². The minimum atomic E-state index is -1.11. The van der Waals surface area contributed by atoms with Crippen LogP contribution in [-0.2, 0) is 6.54 Å². The quantitative estimate of drug-likeness (QED) is 0.897. The Morgan fingerprint density at radius 3 is 2.67 bits per heavy atom. The molecule has 1 aliphatic heterocycles. The SMILES string of the molecule is CC(C)(C)C1CCN(C(=O)NCc2ccc(C(=O)O)o2)C1. The van der Waals surface area contributed by atoms with Gasteiger partial charge in [0, 0.05) is 13.1 Å². The van der Waals surface area contributed by atoms with Gasteiger partial charge in [-0.05, 0) is 29.9 Å². The van der Waals surface area contributed by atoms with E-state index in [0.29, 0.717) is 11.7 Å². The maximum Gasteiger partial charge on any atom is 0.371 e. The Kier molecular flexibility index (Phi) is 4.25. The first kappa shape index (κ1) is 15.4. The van der Waals surface area contributed by atoms with Crippen LogP contribution in [0.25, 0.3) is 0 Å². The summed E-state index contributed by atoms with van der Waals surface area (Å²) < 4.78 is 5.10. The molecule has 6 heteroatoms. The molecule has 2 N–H and O–H groups in total. The number of furan rings is 1. The summed E-state index contributed by atoms with van der Waals surface area (Å²) >= 11 is 0. The van der Waals surface area contributed by atoms with Crippen LogP contribution in [0.1, 0.15) is 43.5 Å². The zero-order chi connectivity index (χ0) is 15.6. The Hall–Kier alpha value is -1.98. The first-order valence-corrected chi connectivity index (χ1v) is 7.12. The molecule has 1 aromatic heterocycles. The number of carboxylic acids is 1. The molecule has 1 unspecified atom stereocenters. The molecule has 1 aliphatic rings. The lowest BCUT2D eigenvalue weighted by Crippen LogP contribution is -2.38. The second-order valence-electron chi connectivity index (χ2n) is 6.53. The van der Waals surface area contributed by atoms with Crippen molar-refractivity contribution in [3.05, 3.63) is 23.7 Å². The molecule has 0 radical (unpaired) electrons. The van der Waals surface area contributed by atoms with E-state index in [0.717, 1.165) is 19.5 Å². The van der Waals surface area contributed by atoms with Crippen LogP contribution in [0.2, 0.25) is 0 Å². The van der Waals surface area contributed by atoms with Crippen LogP contribution in [0.4, 0.5) is 4.79 Å². The van der Waals surface area contributed by atoms with E-state index in [-0.39, 0.29) is 23.8 Å². The first-order valence-electron chi connectivity index (χ1n) is 7.12. The third-order valence-electron chi connectivity index (χ3n) is 3.99. The van der Waals surface area contributed by atoms with E-state index in [1.165, 1.54) is 6.07 Å². The number of aromatic carboxylic acids is 1. The number of rotatable bonds is 3. The summed E-state index contributed by atoms with van der Waals surface area (Å²) in [6, 6.07) is 2.82. The average molecular weight is 294 g/mol. The highest BCUT2D eigenvalue weighted by atomic mass is 16.4. The number of urea groups is 1. The van der Waals surface area contributed by atoms with Crippen LogP contribution >= 0.6 is 0 Å². The third-order valence-corrected chi connectivity index (χ3v) is 3.99. The number of carboxylic acid groups (broad SMARTS) is 1. The van der Waals surface area contributed by atoms with Gasteiger partial charge in [-0.1, -0.05) is 20.8 Å². The Morgan fingerprint density at radius 2 is 2.14 bits per heavy atom. The smallest absolute Gasteiger partial charge is 0.371 e. The topological polar surface area (TPSA) is 82.8 Å². The summed E-state index contributed by atoms with van der Waals surface area (Å²) in [6.45, 7) is 8.28. The van der Waals surface area contributed by atoms with Crippen molar-refractivity contribution >= 4 is 12.0 Å². The Morgan fingerprint density at radius 1 is 1.43 bits per heavy atom. The van der Waals surface area contributed by atoms with Crippen molar-refractivity contribution in [2.45, 2.75) is 33.7 Å². The molecular formula is C15H22N2O4. The molecular weight excluding hydrogens is 272 g/mol. The number of likely N-dealkylation sites (tertiary alicyclic amines) is 1. The summed E-state index contributed by atoms with van der Waals surface area (Å²) in [6.07, 6.45) is 1.01. The molecule has 0 aliphatic carbocycles. The number of hydrogen-bond donors (Lipinski definition) is 2. The van der Waals surface area contributed by atoms with Gasteiger partial charge in [0.15, 0.2) is 0 Å². The molecule has 0 spiro atoms. The monoisotopic (exact) mass is 294 g/mol. The van der Waals surface area contributed by atoms with Gasteiger partial charge < -0.3 is 19.7 Å². The molecule has 0 aromatic carbocycles. The van der Waals surface area contributed by atoms with E-state index < -0.39 is 5.97 Å². The van der Waals surface area contributed by atoms with Gasteiger partial charge in [0.25, 0.3) is 0 Å². The van der Waals surface area contributed by atoms with Crippen molar-refractivity contribution in [3.8, 4) is 0 Å². The Bertz CT molecular complexity index is 530. The summed E-state index contributed by atoms with van der Waals surface area (Å²) in [5.74, 6) is -0.286. The van der Waals surface area contributed by atoms with Gasteiger partial charge in [0.2, 0.25) is 5.76 Å². The van der Waals surface area contributed by atoms with Crippen molar-refractivity contribution in [1.82, 2.24) is 10.2 Å².